The highest BCUT2D eigenvalue weighted by Crippen LogP contribution is 2.20. The van der Waals surface area contributed by atoms with Gasteiger partial charge in [-0.1, -0.05) is 15.9 Å². The molecule has 5 nitrogen and oxygen atoms in total. The molecule has 0 aliphatic carbocycles. The second kappa shape index (κ2) is 9.73. The van der Waals surface area contributed by atoms with Gasteiger partial charge in [-0.05, 0) is 48.5 Å². The SMILES string of the molecule is CCOCC(C)OC(C)(CBr)CN(CC)C(=O)OC(C)(C)C. The van der Waals surface area contributed by atoms with Crippen LogP contribution in [0, 0.1) is 0 Å². The second-order valence-corrected chi connectivity index (χ2v) is 7.23. The van der Waals surface area contributed by atoms with Gasteiger partial charge in [0, 0.05) is 18.5 Å². The maximum atomic E-state index is 12.2. The van der Waals surface area contributed by atoms with Gasteiger partial charge in [-0.15, -0.1) is 0 Å². The van der Waals surface area contributed by atoms with Crippen LogP contribution in [0.4, 0.5) is 4.79 Å². The summed E-state index contributed by atoms with van der Waals surface area (Å²) in [6, 6.07) is 0. The van der Waals surface area contributed by atoms with Crippen molar-refractivity contribution in [3.05, 3.63) is 0 Å². The molecule has 2 unspecified atom stereocenters. The molecule has 0 aromatic rings. The van der Waals surface area contributed by atoms with Gasteiger partial charge >= 0.3 is 6.09 Å². The van der Waals surface area contributed by atoms with E-state index in [-0.39, 0.29) is 12.2 Å². The van der Waals surface area contributed by atoms with Gasteiger partial charge in [-0.25, -0.2) is 4.79 Å². The average molecular weight is 382 g/mol. The van der Waals surface area contributed by atoms with Crippen molar-refractivity contribution in [3.63, 3.8) is 0 Å². The van der Waals surface area contributed by atoms with Crippen molar-refractivity contribution in [2.24, 2.45) is 0 Å². The summed E-state index contributed by atoms with van der Waals surface area (Å²) < 4.78 is 16.9. The van der Waals surface area contributed by atoms with Crippen molar-refractivity contribution in [1.29, 1.82) is 0 Å². The van der Waals surface area contributed by atoms with Gasteiger partial charge in [0.15, 0.2) is 0 Å². The Bertz CT molecular complexity index is 333. The zero-order chi connectivity index (χ0) is 17.4. The number of hydrogen-bond donors (Lipinski definition) is 0. The third-order valence-corrected chi connectivity index (χ3v) is 4.07. The summed E-state index contributed by atoms with van der Waals surface area (Å²) in [5, 5.41) is 0.621. The molecule has 0 aliphatic heterocycles. The standard InChI is InChI=1S/C16H32BrNO4/c1-8-18(14(19)22-15(4,5)6)12-16(7,11-17)21-13(3)10-20-9-2/h13H,8-12H2,1-7H3. The molecule has 0 aromatic heterocycles. The van der Waals surface area contributed by atoms with Gasteiger partial charge in [0.1, 0.15) is 5.60 Å². The predicted octanol–water partition coefficient (Wildman–Crippen LogP) is 3.84. The molecular weight excluding hydrogens is 350 g/mol. The van der Waals surface area contributed by atoms with Crippen molar-refractivity contribution in [1.82, 2.24) is 4.90 Å². The maximum Gasteiger partial charge on any atom is 0.410 e. The molecule has 0 spiro atoms. The first-order valence-corrected chi connectivity index (χ1v) is 8.98. The minimum atomic E-state index is -0.502. The van der Waals surface area contributed by atoms with Crippen LogP contribution in [-0.4, -0.2) is 59.9 Å². The minimum absolute atomic E-state index is 0.0418. The molecule has 22 heavy (non-hydrogen) atoms. The predicted molar refractivity (Wildman–Crippen MR) is 92.7 cm³/mol. The van der Waals surface area contributed by atoms with Crippen LogP contribution in [0.5, 0.6) is 0 Å². The number of alkyl halides is 1. The van der Waals surface area contributed by atoms with Crippen molar-refractivity contribution in [2.45, 2.75) is 65.8 Å². The smallest absolute Gasteiger partial charge is 0.410 e. The molecular formula is C16H32BrNO4. The summed E-state index contributed by atoms with van der Waals surface area (Å²) >= 11 is 3.49. The van der Waals surface area contributed by atoms with E-state index in [0.29, 0.717) is 31.6 Å². The van der Waals surface area contributed by atoms with Crippen LogP contribution < -0.4 is 0 Å². The number of carbonyl (C=O) groups excluding carboxylic acids is 1. The van der Waals surface area contributed by atoms with E-state index in [0.717, 1.165) is 0 Å². The largest absolute Gasteiger partial charge is 0.444 e. The molecule has 0 aliphatic rings. The number of amides is 1. The Balaban J connectivity index is 4.74. The zero-order valence-electron chi connectivity index (χ0n) is 15.1. The lowest BCUT2D eigenvalue weighted by atomic mass is 10.1. The highest BCUT2D eigenvalue weighted by Gasteiger charge is 2.32. The fraction of sp³-hybridized carbons (Fsp3) is 0.938. The van der Waals surface area contributed by atoms with Crippen molar-refractivity contribution in [3.8, 4) is 0 Å². The lowest BCUT2D eigenvalue weighted by Crippen LogP contribution is -2.49. The van der Waals surface area contributed by atoms with E-state index in [4.69, 9.17) is 14.2 Å². The summed E-state index contributed by atoms with van der Waals surface area (Å²) in [6.45, 7) is 15.7. The van der Waals surface area contributed by atoms with E-state index < -0.39 is 11.2 Å². The second-order valence-electron chi connectivity index (χ2n) is 6.67. The van der Waals surface area contributed by atoms with Gasteiger partial charge in [0.2, 0.25) is 0 Å². The van der Waals surface area contributed by atoms with E-state index in [9.17, 15) is 4.79 Å². The number of halogens is 1. The molecule has 132 valence electrons. The summed E-state index contributed by atoms with van der Waals surface area (Å²) in [5.41, 5.74) is -0.998. The lowest BCUT2D eigenvalue weighted by molar-refractivity contribution is -0.101. The highest BCUT2D eigenvalue weighted by atomic mass is 79.9. The fourth-order valence-electron chi connectivity index (χ4n) is 1.95. The highest BCUT2D eigenvalue weighted by molar-refractivity contribution is 9.09. The van der Waals surface area contributed by atoms with Crippen LogP contribution >= 0.6 is 15.9 Å². The molecule has 0 fully saturated rings. The first-order valence-electron chi connectivity index (χ1n) is 7.86. The molecule has 0 radical (unpaired) electrons. The van der Waals surface area contributed by atoms with E-state index in [1.165, 1.54) is 0 Å². The minimum Gasteiger partial charge on any atom is -0.444 e. The average Bonchev–Trinajstić information content (AvgIpc) is 2.40. The summed E-state index contributed by atoms with van der Waals surface area (Å²) in [4.78, 5) is 13.9. The van der Waals surface area contributed by atoms with Crippen LogP contribution in [0.15, 0.2) is 0 Å². The number of ether oxygens (including phenoxy) is 3. The third kappa shape index (κ3) is 8.96. The maximum absolute atomic E-state index is 12.2. The first kappa shape index (κ1) is 21.7. The molecule has 0 saturated heterocycles. The summed E-state index contributed by atoms with van der Waals surface area (Å²) in [7, 11) is 0. The topological polar surface area (TPSA) is 48.0 Å². The molecule has 1 amide bonds. The van der Waals surface area contributed by atoms with E-state index in [1.54, 1.807) is 4.90 Å². The van der Waals surface area contributed by atoms with Crippen molar-refractivity contribution < 1.29 is 19.0 Å². The number of carbonyl (C=O) groups is 1. The number of likely N-dealkylation sites (N-methyl/N-ethyl adjacent to an activating group) is 1. The number of nitrogens with zero attached hydrogens (tertiary/aromatic N) is 1. The molecule has 0 N–H and O–H groups in total. The van der Waals surface area contributed by atoms with Crippen molar-refractivity contribution in [2.75, 3.05) is 31.6 Å². The van der Waals surface area contributed by atoms with Gasteiger partial charge < -0.3 is 19.1 Å². The molecule has 0 rings (SSSR count). The molecule has 0 saturated carbocycles. The Kier molecular flexibility index (Phi) is 9.58. The number of rotatable bonds is 9. The molecule has 0 bridgehead atoms. The van der Waals surface area contributed by atoms with E-state index in [1.807, 2.05) is 48.5 Å². The molecule has 6 heteroatoms. The monoisotopic (exact) mass is 381 g/mol. The van der Waals surface area contributed by atoms with Crippen LogP contribution in [0.25, 0.3) is 0 Å². The Labute approximate surface area is 143 Å². The Hall–Kier alpha value is -0.330. The Morgan fingerprint density at radius 2 is 1.82 bits per heavy atom. The van der Waals surface area contributed by atoms with Crippen LogP contribution in [-0.2, 0) is 14.2 Å². The van der Waals surface area contributed by atoms with Gasteiger partial charge in [-0.3, -0.25) is 0 Å². The third-order valence-electron chi connectivity index (χ3n) is 2.88. The Morgan fingerprint density at radius 3 is 2.23 bits per heavy atom. The fourth-order valence-corrected chi connectivity index (χ4v) is 2.26. The van der Waals surface area contributed by atoms with Crippen LogP contribution in [0.3, 0.4) is 0 Å². The van der Waals surface area contributed by atoms with Gasteiger partial charge in [0.25, 0.3) is 0 Å². The number of hydrogen-bond acceptors (Lipinski definition) is 4. The normalized spacial score (nSPS) is 16.0. The van der Waals surface area contributed by atoms with Gasteiger partial charge in [-0.2, -0.15) is 0 Å². The molecule has 0 heterocycles. The van der Waals surface area contributed by atoms with E-state index in [2.05, 4.69) is 15.9 Å². The lowest BCUT2D eigenvalue weighted by Gasteiger charge is -2.36. The quantitative estimate of drug-likeness (QED) is 0.569. The van der Waals surface area contributed by atoms with E-state index >= 15 is 0 Å². The Morgan fingerprint density at radius 1 is 1.23 bits per heavy atom. The zero-order valence-corrected chi connectivity index (χ0v) is 16.7. The van der Waals surface area contributed by atoms with Crippen LogP contribution in [0.2, 0.25) is 0 Å². The van der Waals surface area contributed by atoms with Gasteiger partial charge in [0.05, 0.1) is 24.9 Å². The summed E-state index contributed by atoms with van der Waals surface area (Å²) in [6.07, 6.45) is -0.358. The molecule has 2 atom stereocenters. The van der Waals surface area contributed by atoms with Crippen molar-refractivity contribution >= 4 is 22.0 Å². The molecule has 0 aromatic carbocycles. The first-order chi connectivity index (χ1) is 10.1. The summed E-state index contributed by atoms with van der Waals surface area (Å²) in [5.74, 6) is 0. The van der Waals surface area contributed by atoms with Crippen LogP contribution in [0.1, 0.15) is 48.5 Å².